The molecule has 2 aromatic heterocycles. The Hall–Kier alpha value is -2.36. The van der Waals surface area contributed by atoms with Crippen LogP contribution >= 0.6 is 0 Å². The summed E-state index contributed by atoms with van der Waals surface area (Å²) in [5.41, 5.74) is 2.62. The van der Waals surface area contributed by atoms with Gasteiger partial charge in [0.1, 0.15) is 0 Å². The van der Waals surface area contributed by atoms with Gasteiger partial charge in [-0.15, -0.1) is 0 Å². The van der Waals surface area contributed by atoms with Crippen LogP contribution in [0, 0.1) is 6.92 Å². The molecule has 4 nitrogen and oxygen atoms in total. The fourth-order valence-corrected chi connectivity index (χ4v) is 1.82. The second kappa shape index (κ2) is 3.59. The molecule has 0 atom stereocenters. The van der Waals surface area contributed by atoms with E-state index in [9.17, 15) is 4.79 Å². The zero-order valence-corrected chi connectivity index (χ0v) is 9.34. The number of aromatic nitrogens is 3. The van der Waals surface area contributed by atoms with Crippen molar-refractivity contribution in [1.29, 1.82) is 0 Å². The molecule has 0 aliphatic heterocycles. The molecule has 0 radical (unpaired) electrons. The average Bonchev–Trinajstić information content (AvgIpc) is 2.76. The number of aryl methyl sites for hydroxylation is 1. The number of fused-ring (bicyclic) bond motifs is 1. The smallest absolute Gasteiger partial charge is 0.260 e. The molecule has 0 aliphatic carbocycles. The highest BCUT2D eigenvalue weighted by Crippen LogP contribution is 2.15. The van der Waals surface area contributed by atoms with E-state index in [-0.39, 0.29) is 5.56 Å². The molecule has 0 spiro atoms. The summed E-state index contributed by atoms with van der Waals surface area (Å²) in [6, 6.07) is 7.88. The lowest BCUT2D eigenvalue weighted by atomic mass is 10.1. The Morgan fingerprint density at radius 3 is 2.76 bits per heavy atom. The molecular weight excluding hydrogens is 214 g/mol. The fourth-order valence-electron chi connectivity index (χ4n) is 1.82. The number of aromatic amines is 1. The van der Waals surface area contributed by atoms with Gasteiger partial charge in [-0.1, -0.05) is 29.8 Å². The molecule has 0 saturated carbocycles. The Balaban J connectivity index is 2.25. The van der Waals surface area contributed by atoms with Crippen molar-refractivity contribution in [3.63, 3.8) is 0 Å². The largest absolute Gasteiger partial charge is 0.292 e. The summed E-state index contributed by atoms with van der Waals surface area (Å²) < 4.78 is 1.80. The Morgan fingerprint density at radius 2 is 2.00 bits per heavy atom. The quantitative estimate of drug-likeness (QED) is 0.688. The van der Waals surface area contributed by atoms with Gasteiger partial charge in [-0.3, -0.25) is 14.2 Å². The highest BCUT2D eigenvalue weighted by molar-refractivity contribution is 5.62. The first-order chi connectivity index (χ1) is 8.24. The van der Waals surface area contributed by atoms with E-state index < -0.39 is 0 Å². The normalized spacial score (nSPS) is 10.9. The molecule has 17 heavy (non-hydrogen) atoms. The highest BCUT2D eigenvalue weighted by atomic mass is 16.1. The molecule has 0 bridgehead atoms. The zero-order valence-electron chi connectivity index (χ0n) is 9.34. The van der Waals surface area contributed by atoms with E-state index in [1.54, 1.807) is 16.8 Å². The number of H-pyrrole nitrogens is 1. The minimum absolute atomic E-state index is 0.118. The third kappa shape index (κ3) is 1.63. The second-order valence-corrected chi connectivity index (χ2v) is 4.02. The third-order valence-corrected chi connectivity index (χ3v) is 2.77. The van der Waals surface area contributed by atoms with Crippen LogP contribution in [0.4, 0.5) is 0 Å². The van der Waals surface area contributed by atoms with Crippen LogP contribution in [-0.4, -0.2) is 14.4 Å². The molecule has 4 heteroatoms. The van der Waals surface area contributed by atoms with E-state index in [4.69, 9.17) is 0 Å². The Kier molecular flexibility index (Phi) is 2.08. The maximum Gasteiger partial charge on any atom is 0.260 e. The van der Waals surface area contributed by atoms with Crippen molar-refractivity contribution in [2.24, 2.45) is 0 Å². The van der Waals surface area contributed by atoms with E-state index in [2.05, 4.69) is 9.97 Å². The lowest BCUT2D eigenvalue weighted by Crippen LogP contribution is -2.11. The van der Waals surface area contributed by atoms with Gasteiger partial charge in [-0.25, -0.2) is 4.98 Å². The van der Waals surface area contributed by atoms with E-state index >= 15 is 0 Å². The van der Waals surface area contributed by atoms with Crippen LogP contribution in [0.3, 0.4) is 0 Å². The lowest BCUT2D eigenvalue weighted by Gasteiger charge is -2.02. The summed E-state index contributed by atoms with van der Waals surface area (Å²) in [5, 5.41) is 0. The summed E-state index contributed by atoms with van der Waals surface area (Å²) in [6.45, 7) is 2.02. The number of nitrogens with zero attached hydrogens (tertiary/aromatic N) is 2. The average molecular weight is 225 g/mol. The Labute approximate surface area is 97.6 Å². The van der Waals surface area contributed by atoms with Crippen molar-refractivity contribution < 1.29 is 0 Å². The second-order valence-electron chi connectivity index (χ2n) is 4.02. The Morgan fingerprint density at radius 1 is 1.24 bits per heavy atom. The molecule has 1 N–H and O–H groups in total. The molecule has 0 saturated heterocycles. The van der Waals surface area contributed by atoms with Gasteiger partial charge in [-0.05, 0) is 12.5 Å². The Bertz CT molecular complexity index is 722. The number of nitrogens with one attached hydrogen (secondary N) is 1. The van der Waals surface area contributed by atoms with Crippen molar-refractivity contribution in [2.45, 2.75) is 6.92 Å². The topological polar surface area (TPSA) is 50.2 Å². The molecule has 0 unspecified atom stereocenters. The summed E-state index contributed by atoms with van der Waals surface area (Å²) in [4.78, 5) is 18.7. The van der Waals surface area contributed by atoms with Crippen molar-refractivity contribution in [2.75, 3.05) is 0 Å². The maximum absolute atomic E-state index is 11.9. The molecular formula is C13H11N3O. The molecule has 0 amide bonds. The summed E-state index contributed by atoms with van der Waals surface area (Å²) in [6.07, 6.45) is 5.26. The molecule has 3 rings (SSSR count). The van der Waals surface area contributed by atoms with Gasteiger partial charge in [0.15, 0.2) is 0 Å². The van der Waals surface area contributed by atoms with Gasteiger partial charge >= 0.3 is 0 Å². The van der Waals surface area contributed by atoms with E-state index in [1.807, 2.05) is 37.4 Å². The first-order valence-corrected chi connectivity index (χ1v) is 5.37. The first kappa shape index (κ1) is 9.84. The van der Waals surface area contributed by atoms with Crippen LogP contribution in [-0.2, 0) is 0 Å². The van der Waals surface area contributed by atoms with Gasteiger partial charge in [0.25, 0.3) is 5.56 Å². The summed E-state index contributed by atoms with van der Waals surface area (Å²) >= 11 is 0. The molecule has 84 valence electrons. The number of hydrogen-bond acceptors (Lipinski definition) is 2. The van der Waals surface area contributed by atoms with Crippen LogP contribution in [0.1, 0.15) is 5.56 Å². The first-order valence-electron chi connectivity index (χ1n) is 5.37. The van der Waals surface area contributed by atoms with E-state index in [0.29, 0.717) is 11.3 Å². The molecule has 0 aliphatic rings. The predicted octanol–water partition coefficient (Wildman–Crippen LogP) is 2.00. The van der Waals surface area contributed by atoms with Gasteiger partial charge in [0, 0.05) is 18.6 Å². The van der Waals surface area contributed by atoms with Crippen LogP contribution in [0.5, 0.6) is 0 Å². The zero-order chi connectivity index (χ0) is 11.8. The summed E-state index contributed by atoms with van der Waals surface area (Å²) in [5.74, 6) is 0.561. The van der Waals surface area contributed by atoms with Gasteiger partial charge in [-0.2, -0.15) is 0 Å². The van der Waals surface area contributed by atoms with Crippen LogP contribution in [0.15, 0.2) is 47.7 Å². The summed E-state index contributed by atoms with van der Waals surface area (Å²) in [7, 11) is 0. The van der Waals surface area contributed by atoms with E-state index in [1.165, 1.54) is 5.56 Å². The third-order valence-electron chi connectivity index (χ3n) is 2.77. The van der Waals surface area contributed by atoms with E-state index in [0.717, 1.165) is 5.56 Å². The molecule has 3 aromatic rings. The minimum atomic E-state index is -0.118. The van der Waals surface area contributed by atoms with Gasteiger partial charge < -0.3 is 0 Å². The van der Waals surface area contributed by atoms with Crippen molar-refractivity contribution >= 4 is 5.78 Å². The van der Waals surface area contributed by atoms with Crippen LogP contribution < -0.4 is 5.56 Å². The SMILES string of the molecule is Cc1ccc(-c2cn3ccnc3[nH]c2=O)cc1. The lowest BCUT2D eigenvalue weighted by molar-refractivity contribution is 1.08. The number of imidazole rings is 1. The predicted molar refractivity (Wildman–Crippen MR) is 66.0 cm³/mol. The monoisotopic (exact) mass is 225 g/mol. The maximum atomic E-state index is 11.9. The fraction of sp³-hybridized carbons (Fsp3) is 0.0769. The number of hydrogen-bond donors (Lipinski definition) is 1. The number of benzene rings is 1. The van der Waals surface area contributed by atoms with Crippen molar-refractivity contribution in [3.05, 3.63) is 58.8 Å². The standard InChI is InChI=1S/C13H11N3O/c1-9-2-4-10(5-3-9)11-8-16-7-6-14-13(16)15-12(11)17/h2-8H,1H3,(H,14,15,17). The molecule has 0 fully saturated rings. The van der Waals surface area contributed by atoms with Gasteiger partial charge in [0.2, 0.25) is 5.78 Å². The van der Waals surface area contributed by atoms with Crippen LogP contribution in [0.2, 0.25) is 0 Å². The molecule has 2 heterocycles. The van der Waals surface area contributed by atoms with Gasteiger partial charge in [0.05, 0.1) is 5.56 Å². The van der Waals surface area contributed by atoms with Crippen molar-refractivity contribution in [1.82, 2.24) is 14.4 Å². The minimum Gasteiger partial charge on any atom is -0.292 e. The van der Waals surface area contributed by atoms with Crippen molar-refractivity contribution in [3.8, 4) is 11.1 Å². The highest BCUT2D eigenvalue weighted by Gasteiger charge is 2.05. The number of rotatable bonds is 1. The van der Waals surface area contributed by atoms with Crippen LogP contribution in [0.25, 0.3) is 16.9 Å². The molecule has 1 aromatic carbocycles.